The maximum atomic E-state index is 12.4. The summed E-state index contributed by atoms with van der Waals surface area (Å²) in [5, 5.41) is 6.37. The molecule has 6 heteroatoms. The molecule has 2 N–H and O–H groups in total. The van der Waals surface area contributed by atoms with Crippen molar-refractivity contribution < 1.29 is 4.79 Å². The Morgan fingerprint density at radius 3 is 2.31 bits per heavy atom. The van der Waals surface area contributed by atoms with Gasteiger partial charge < -0.3 is 15.5 Å². The number of aryl methyl sites for hydroxylation is 1. The molecule has 0 atom stereocenters. The van der Waals surface area contributed by atoms with E-state index in [0.29, 0.717) is 5.95 Å². The zero-order valence-corrected chi connectivity index (χ0v) is 17.3. The van der Waals surface area contributed by atoms with Gasteiger partial charge in [-0.15, -0.1) is 0 Å². The van der Waals surface area contributed by atoms with Crippen LogP contribution in [0.25, 0.3) is 0 Å². The van der Waals surface area contributed by atoms with Crippen molar-refractivity contribution in [1.29, 1.82) is 0 Å². The summed E-state index contributed by atoms with van der Waals surface area (Å²) < 4.78 is 0. The Bertz CT molecular complexity index is 824. The van der Waals surface area contributed by atoms with Crippen LogP contribution in [-0.4, -0.2) is 29.0 Å². The van der Waals surface area contributed by atoms with Gasteiger partial charge in [0, 0.05) is 42.1 Å². The number of benzene rings is 1. The molecule has 1 aliphatic carbocycles. The second kappa shape index (κ2) is 9.25. The lowest BCUT2D eigenvalue weighted by Crippen LogP contribution is -2.30. The van der Waals surface area contributed by atoms with E-state index < -0.39 is 0 Å². The number of rotatable bonds is 5. The highest BCUT2D eigenvalue weighted by molar-refractivity contribution is 5.92. The molecule has 1 aromatic carbocycles. The van der Waals surface area contributed by atoms with Gasteiger partial charge in [0.1, 0.15) is 5.82 Å². The number of aromatic nitrogens is 2. The quantitative estimate of drug-likeness (QED) is 0.745. The van der Waals surface area contributed by atoms with Gasteiger partial charge in [0.2, 0.25) is 11.9 Å². The number of nitrogens with zero attached hydrogens (tertiary/aromatic N) is 3. The van der Waals surface area contributed by atoms with Crippen molar-refractivity contribution >= 4 is 29.0 Å². The summed E-state index contributed by atoms with van der Waals surface area (Å²) in [5.41, 5.74) is 2.71. The van der Waals surface area contributed by atoms with E-state index in [9.17, 15) is 4.79 Å². The van der Waals surface area contributed by atoms with E-state index >= 15 is 0 Å². The number of carbonyl (C=O) groups excluding carboxylic acids is 1. The maximum Gasteiger partial charge on any atom is 0.229 e. The Hall–Kier alpha value is -2.63. The number of piperidine rings is 1. The first-order chi connectivity index (χ1) is 14.2. The molecule has 0 radical (unpaired) electrons. The second-order valence-electron chi connectivity index (χ2n) is 8.27. The van der Waals surface area contributed by atoms with Gasteiger partial charge in [-0.25, -0.2) is 4.98 Å². The van der Waals surface area contributed by atoms with Crippen LogP contribution in [0.5, 0.6) is 0 Å². The Labute approximate surface area is 173 Å². The Morgan fingerprint density at radius 1 is 0.931 bits per heavy atom. The van der Waals surface area contributed by atoms with E-state index in [-0.39, 0.29) is 11.8 Å². The van der Waals surface area contributed by atoms with Gasteiger partial charge in [-0.05, 0) is 63.3 Å². The zero-order chi connectivity index (χ0) is 20.1. The fourth-order valence-corrected chi connectivity index (χ4v) is 4.27. The Morgan fingerprint density at radius 2 is 1.59 bits per heavy atom. The molecule has 0 unspecified atom stereocenters. The predicted octanol–water partition coefficient (Wildman–Crippen LogP) is 5.04. The Kier molecular flexibility index (Phi) is 6.27. The van der Waals surface area contributed by atoms with Gasteiger partial charge in [-0.2, -0.15) is 4.98 Å². The number of anilines is 4. The molecular weight excluding hydrogens is 362 g/mol. The molecule has 1 aliphatic heterocycles. The minimum Gasteiger partial charge on any atom is -0.356 e. The molecule has 1 saturated heterocycles. The highest BCUT2D eigenvalue weighted by Gasteiger charge is 2.21. The fourth-order valence-electron chi connectivity index (χ4n) is 4.27. The second-order valence-corrected chi connectivity index (χ2v) is 8.27. The number of hydrogen-bond donors (Lipinski definition) is 2. The largest absolute Gasteiger partial charge is 0.356 e. The average molecular weight is 394 g/mol. The van der Waals surface area contributed by atoms with Crippen LogP contribution >= 0.6 is 0 Å². The minimum absolute atomic E-state index is 0.151. The van der Waals surface area contributed by atoms with Gasteiger partial charge in [-0.3, -0.25) is 4.79 Å². The van der Waals surface area contributed by atoms with E-state index in [0.717, 1.165) is 61.7 Å². The summed E-state index contributed by atoms with van der Waals surface area (Å²) in [5.74, 6) is 1.93. The molecule has 2 fully saturated rings. The van der Waals surface area contributed by atoms with Crippen molar-refractivity contribution in [2.24, 2.45) is 5.92 Å². The topological polar surface area (TPSA) is 70.2 Å². The summed E-state index contributed by atoms with van der Waals surface area (Å²) in [6.07, 6.45) is 9.35. The van der Waals surface area contributed by atoms with Crippen molar-refractivity contribution in [3.8, 4) is 0 Å². The summed E-state index contributed by atoms with van der Waals surface area (Å²) in [6.45, 7) is 4.13. The predicted molar refractivity (Wildman–Crippen MR) is 118 cm³/mol. The number of carbonyl (C=O) groups is 1. The van der Waals surface area contributed by atoms with Gasteiger partial charge >= 0.3 is 0 Å². The first-order valence-corrected chi connectivity index (χ1v) is 11.0. The molecule has 2 heterocycles. The first-order valence-electron chi connectivity index (χ1n) is 11.0. The third-order valence-electron chi connectivity index (χ3n) is 5.91. The van der Waals surface area contributed by atoms with Crippen molar-refractivity contribution in [1.82, 2.24) is 9.97 Å². The standard InChI is InChI=1S/C23H31N5O/c1-17-16-21(28-14-6-3-7-15-28)27-23(24-17)26-20-12-10-19(11-13-20)25-22(29)18-8-4-2-5-9-18/h10-13,16,18H,2-9,14-15H2,1H3,(H,25,29)(H,24,26,27). The van der Waals surface area contributed by atoms with E-state index in [1.165, 1.54) is 25.7 Å². The Balaban J connectivity index is 1.39. The van der Waals surface area contributed by atoms with Crippen LogP contribution in [0.4, 0.5) is 23.1 Å². The van der Waals surface area contributed by atoms with Crippen molar-refractivity contribution in [3.05, 3.63) is 36.0 Å². The fraction of sp³-hybridized carbons (Fsp3) is 0.522. The highest BCUT2D eigenvalue weighted by Crippen LogP contribution is 2.26. The molecular formula is C23H31N5O. The zero-order valence-electron chi connectivity index (χ0n) is 17.3. The molecule has 1 saturated carbocycles. The summed E-state index contributed by atoms with van der Waals surface area (Å²) in [7, 11) is 0. The van der Waals surface area contributed by atoms with Crippen LogP contribution in [0.3, 0.4) is 0 Å². The lowest BCUT2D eigenvalue weighted by atomic mass is 9.88. The van der Waals surface area contributed by atoms with Crippen LogP contribution in [0, 0.1) is 12.8 Å². The number of amides is 1. The lowest BCUT2D eigenvalue weighted by Gasteiger charge is -2.28. The highest BCUT2D eigenvalue weighted by atomic mass is 16.1. The molecule has 2 aromatic rings. The summed E-state index contributed by atoms with van der Waals surface area (Å²) >= 11 is 0. The van der Waals surface area contributed by atoms with Crippen molar-refractivity contribution in [2.75, 3.05) is 28.6 Å². The lowest BCUT2D eigenvalue weighted by molar-refractivity contribution is -0.120. The monoisotopic (exact) mass is 393 g/mol. The van der Waals surface area contributed by atoms with Gasteiger partial charge in [0.25, 0.3) is 0 Å². The van der Waals surface area contributed by atoms with Crippen molar-refractivity contribution in [2.45, 2.75) is 58.3 Å². The van der Waals surface area contributed by atoms with Gasteiger partial charge in [0.15, 0.2) is 0 Å². The molecule has 29 heavy (non-hydrogen) atoms. The molecule has 1 aromatic heterocycles. The SMILES string of the molecule is Cc1cc(N2CCCCC2)nc(Nc2ccc(NC(=O)C3CCCCC3)cc2)n1. The number of hydrogen-bond acceptors (Lipinski definition) is 5. The summed E-state index contributed by atoms with van der Waals surface area (Å²) in [4.78, 5) is 24.0. The first kappa shape index (κ1) is 19.7. The van der Waals surface area contributed by atoms with E-state index in [4.69, 9.17) is 4.98 Å². The van der Waals surface area contributed by atoms with E-state index in [1.807, 2.05) is 31.2 Å². The van der Waals surface area contributed by atoms with E-state index in [1.54, 1.807) is 0 Å². The third kappa shape index (κ3) is 5.25. The van der Waals surface area contributed by atoms with Crippen LogP contribution in [0.15, 0.2) is 30.3 Å². The molecule has 6 nitrogen and oxygen atoms in total. The number of nitrogens with one attached hydrogen (secondary N) is 2. The van der Waals surface area contributed by atoms with Crippen LogP contribution in [-0.2, 0) is 4.79 Å². The summed E-state index contributed by atoms with van der Waals surface area (Å²) in [6, 6.07) is 9.85. The van der Waals surface area contributed by atoms with E-state index in [2.05, 4.69) is 26.6 Å². The van der Waals surface area contributed by atoms with Crippen molar-refractivity contribution in [3.63, 3.8) is 0 Å². The van der Waals surface area contributed by atoms with Gasteiger partial charge in [0.05, 0.1) is 0 Å². The van der Waals surface area contributed by atoms with Crippen LogP contribution in [0.2, 0.25) is 0 Å². The third-order valence-corrected chi connectivity index (χ3v) is 5.91. The molecule has 1 amide bonds. The molecule has 0 bridgehead atoms. The molecule has 154 valence electrons. The molecule has 0 spiro atoms. The molecule has 4 rings (SSSR count). The average Bonchev–Trinajstić information content (AvgIpc) is 2.76. The maximum absolute atomic E-state index is 12.4. The van der Waals surface area contributed by atoms with Crippen LogP contribution in [0.1, 0.15) is 57.1 Å². The van der Waals surface area contributed by atoms with Crippen LogP contribution < -0.4 is 15.5 Å². The minimum atomic E-state index is 0.151. The van der Waals surface area contributed by atoms with Gasteiger partial charge in [-0.1, -0.05) is 19.3 Å². The smallest absolute Gasteiger partial charge is 0.229 e. The normalized spacial score (nSPS) is 17.8. The molecule has 2 aliphatic rings.